The number of rotatable bonds is 49. The minimum Gasteiger partial charge on any atom is -0.463 e. The van der Waals surface area contributed by atoms with Crippen LogP contribution in [0.4, 0.5) is 0 Å². The van der Waals surface area contributed by atoms with Gasteiger partial charge in [0.1, 0.15) is 12.7 Å². The number of ether oxygens (including phenoxy) is 6. The van der Waals surface area contributed by atoms with Gasteiger partial charge in [0.15, 0.2) is 24.6 Å². The summed E-state index contributed by atoms with van der Waals surface area (Å²) in [5.74, 6) is -1.77. The van der Waals surface area contributed by atoms with Gasteiger partial charge in [-0.2, -0.15) is 0 Å². The Kier molecular flexibility index (Phi) is 42.1. The van der Waals surface area contributed by atoms with Crippen molar-refractivity contribution in [2.75, 3.05) is 13.2 Å². The second-order valence-corrected chi connectivity index (χ2v) is 21.8. The van der Waals surface area contributed by atoms with Gasteiger partial charge in [-0.25, -0.2) is 0 Å². The summed E-state index contributed by atoms with van der Waals surface area (Å²) in [6.45, 7) is 8.83. The fraction of sp³-hybridized carbons (Fsp3) is 0.933. The third-order valence-electron chi connectivity index (χ3n) is 15.0. The van der Waals surface area contributed by atoms with Gasteiger partial charge in [-0.05, 0) is 56.4 Å². The first kappa shape index (κ1) is 66.2. The van der Waals surface area contributed by atoms with E-state index in [1.807, 2.05) is 0 Å². The Labute approximate surface area is 445 Å². The zero-order valence-electron chi connectivity index (χ0n) is 47.3. The molecule has 0 aromatic rings. The molecule has 1 aliphatic carbocycles. The molecule has 0 aromatic carbocycles. The highest BCUT2D eigenvalue weighted by Gasteiger charge is 2.53. The van der Waals surface area contributed by atoms with Crippen LogP contribution in [0.25, 0.3) is 10.4 Å². The number of carbonyl (C=O) groups is 4. The van der Waals surface area contributed by atoms with E-state index in [4.69, 9.17) is 34.0 Å². The van der Waals surface area contributed by atoms with Gasteiger partial charge >= 0.3 is 23.9 Å². The minimum absolute atomic E-state index is 0.0459. The lowest BCUT2D eigenvalue weighted by Crippen LogP contribution is -2.63. The van der Waals surface area contributed by atoms with E-state index in [0.717, 1.165) is 89.9 Å². The van der Waals surface area contributed by atoms with Crippen LogP contribution in [-0.2, 0) is 47.6 Å². The third kappa shape index (κ3) is 34.4. The maximum Gasteiger partial charge on any atom is 0.306 e. The predicted octanol–water partition coefficient (Wildman–Crippen LogP) is 17.2. The van der Waals surface area contributed by atoms with Crippen LogP contribution < -0.4 is 0 Å². The second kappa shape index (κ2) is 46.4. The Bertz CT molecular complexity index is 1430. The Hall–Kier alpha value is -2.89. The molecule has 0 bridgehead atoms. The quantitative estimate of drug-likeness (QED) is 0.0143. The van der Waals surface area contributed by atoms with Gasteiger partial charge in [-0.15, -0.1) is 0 Å². The topological polar surface area (TPSA) is 172 Å². The summed E-state index contributed by atoms with van der Waals surface area (Å²) in [6, 6.07) is -0.141. The summed E-state index contributed by atoms with van der Waals surface area (Å²) in [6.07, 6.45) is 36.4. The van der Waals surface area contributed by atoms with Gasteiger partial charge in [-0.3, -0.25) is 19.2 Å². The Morgan fingerprint density at radius 1 is 0.438 bits per heavy atom. The smallest absolute Gasteiger partial charge is 0.306 e. The van der Waals surface area contributed by atoms with Gasteiger partial charge in [0.25, 0.3) is 0 Å². The highest BCUT2D eigenvalue weighted by atomic mass is 16.7. The monoisotopic (exact) mass is 1030 g/mol. The van der Waals surface area contributed by atoms with E-state index >= 15 is 0 Å². The molecule has 0 radical (unpaired) electrons. The largest absolute Gasteiger partial charge is 0.463 e. The molecular formula is C60H109N3O10. The summed E-state index contributed by atoms with van der Waals surface area (Å²) in [7, 11) is 0. The average Bonchev–Trinajstić information content (AvgIpc) is 3.84. The summed E-state index contributed by atoms with van der Waals surface area (Å²) < 4.78 is 38.0. The average molecular weight is 1030 g/mol. The molecule has 1 saturated carbocycles. The lowest BCUT2D eigenvalue weighted by molar-refractivity contribution is -0.310. The summed E-state index contributed by atoms with van der Waals surface area (Å²) in [5, 5.41) is 3.95. The summed E-state index contributed by atoms with van der Waals surface area (Å²) >= 11 is 0. The lowest BCUT2D eigenvalue weighted by atomic mass is 9.97. The zero-order valence-corrected chi connectivity index (χ0v) is 47.3. The van der Waals surface area contributed by atoms with Crippen LogP contribution in [0.3, 0.4) is 0 Å². The van der Waals surface area contributed by atoms with Crippen LogP contribution >= 0.6 is 0 Å². The molecule has 424 valence electrons. The zero-order chi connectivity index (χ0) is 52.8. The van der Waals surface area contributed by atoms with Crippen molar-refractivity contribution in [1.29, 1.82) is 0 Å². The predicted molar refractivity (Wildman–Crippen MR) is 293 cm³/mol. The van der Waals surface area contributed by atoms with Crippen LogP contribution in [0.2, 0.25) is 0 Å². The number of nitrogens with zero attached hydrogens (tertiary/aromatic N) is 3. The molecule has 2 fully saturated rings. The van der Waals surface area contributed by atoms with E-state index in [2.05, 4.69) is 37.7 Å². The molecule has 0 aromatic heterocycles. The molecule has 1 aliphatic heterocycles. The Morgan fingerprint density at radius 3 is 1.16 bits per heavy atom. The molecule has 7 atom stereocenters. The van der Waals surface area contributed by atoms with Gasteiger partial charge in [0.2, 0.25) is 0 Å². The molecule has 2 aliphatic rings. The number of unbranched alkanes of at least 4 members (excludes halogenated alkanes) is 32. The van der Waals surface area contributed by atoms with Gasteiger partial charge in [0, 0.05) is 36.6 Å². The molecule has 0 spiro atoms. The van der Waals surface area contributed by atoms with Crippen molar-refractivity contribution in [2.24, 2.45) is 11.0 Å². The van der Waals surface area contributed by atoms with Crippen molar-refractivity contribution in [1.82, 2.24) is 0 Å². The van der Waals surface area contributed by atoms with Crippen molar-refractivity contribution in [3.05, 3.63) is 10.4 Å². The highest BCUT2D eigenvalue weighted by Crippen LogP contribution is 2.34. The standard InChI is InChI=1S/C60H109N3O10/c1-5-9-13-17-21-25-29-33-37-41-53(64)68-49-52-57(71-54(65)42-38-34-30-26-22-18-14-10-6-2)58(72-55(66)43-39-35-31-27-23-19-15-11-7-3)59(60(70-52)69-48-50-45-46-51(47-50)62-63-61)73-56(67)44-40-36-32-28-24-20-16-12-8-4/h50-52,57-60H,5-49H2,1-4H3/t50?,51?,52-,57+,58+,59-,60-/m1/s1. The minimum atomic E-state index is -1.27. The molecule has 13 heteroatoms. The molecule has 2 rings (SSSR count). The van der Waals surface area contributed by atoms with Gasteiger partial charge in [0.05, 0.1) is 6.61 Å². The number of azide groups is 1. The van der Waals surface area contributed by atoms with E-state index < -0.39 is 48.6 Å². The maximum absolute atomic E-state index is 14.0. The second-order valence-electron chi connectivity index (χ2n) is 21.8. The highest BCUT2D eigenvalue weighted by molar-refractivity contribution is 5.72. The number of hydrogen-bond acceptors (Lipinski definition) is 11. The molecule has 73 heavy (non-hydrogen) atoms. The molecular weight excluding hydrogens is 923 g/mol. The van der Waals surface area contributed by atoms with E-state index in [1.54, 1.807) is 0 Å². The molecule has 2 unspecified atom stereocenters. The summed E-state index contributed by atoms with van der Waals surface area (Å²) in [5.41, 5.74) is 9.12. The molecule has 0 amide bonds. The van der Waals surface area contributed by atoms with E-state index in [1.165, 1.54) is 128 Å². The molecule has 1 saturated heterocycles. The Balaban J connectivity index is 2.35. The van der Waals surface area contributed by atoms with E-state index in [0.29, 0.717) is 32.1 Å². The SMILES string of the molecule is CCCCCCCCCCCC(=O)OC[C@H]1O[C@@H](OCC2CCC(N=[N+]=[N-])C2)[C@H](OC(=O)CCCCCCCCCCC)[C@@H](OC(=O)CCCCCCCCCCC)[C@H]1OC(=O)CCCCCCCCCCC. The van der Waals surface area contributed by atoms with E-state index in [-0.39, 0.29) is 56.8 Å². The van der Waals surface area contributed by atoms with Gasteiger partial charge in [-0.1, -0.05) is 238 Å². The van der Waals surface area contributed by atoms with Crippen molar-refractivity contribution in [2.45, 2.75) is 341 Å². The van der Waals surface area contributed by atoms with Crippen molar-refractivity contribution < 1.29 is 47.6 Å². The lowest BCUT2D eigenvalue weighted by Gasteiger charge is -2.44. The Morgan fingerprint density at radius 2 is 0.781 bits per heavy atom. The van der Waals surface area contributed by atoms with Gasteiger partial charge < -0.3 is 28.4 Å². The first-order chi connectivity index (χ1) is 35.8. The number of esters is 4. The fourth-order valence-electron chi connectivity index (χ4n) is 10.4. The fourth-order valence-corrected chi connectivity index (χ4v) is 10.4. The van der Waals surface area contributed by atoms with Crippen molar-refractivity contribution >= 4 is 23.9 Å². The first-order valence-electron chi connectivity index (χ1n) is 30.8. The molecule has 1 heterocycles. The van der Waals surface area contributed by atoms with Crippen LogP contribution in [-0.4, -0.2) is 73.8 Å². The van der Waals surface area contributed by atoms with Crippen molar-refractivity contribution in [3.63, 3.8) is 0 Å². The normalized spacial score (nSPS) is 20.6. The maximum atomic E-state index is 14.0. The third-order valence-corrected chi connectivity index (χ3v) is 15.0. The first-order valence-corrected chi connectivity index (χ1v) is 30.8. The number of hydrogen-bond donors (Lipinski definition) is 0. The molecule has 0 N–H and O–H groups in total. The van der Waals surface area contributed by atoms with Crippen LogP contribution in [0, 0.1) is 5.92 Å². The van der Waals surface area contributed by atoms with Crippen molar-refractivity contribution in [3.8, 4) is 0 Å². The summed E-state index contributed by atoms with van der Waals surface area (Å²) in [4.78, 5) is 58.1. The number of carbonyl (C=O) groups excluding carboxylic acids is 4. The van der Waals surface area contributed by atoms with Crippen LogP contribution in [0.5, 0.6) is 0 Å². The molecule has 13 nitrogen and oxygen atoms in total. The van der Waals surface area contributed by atoms with E-state index in [9.17, 15) is 19.2 Å². The van der Waals surface area contributed by atoms with Crippen LogP contribution in [0.1, 0.15) is 304 Å². The van der Waals surface area contributed by atoms with Crippen LogP contribution in [0.15, 0.2) is 5.11 Å².